The third-order valence-corrected chi connectivity index (χ3v) is 6.19. The highest BCUT2D eigenvalue weighted by Crippen LogP contribution is 2.31. The number of anilines is 1. The highest BCUT2D eigenvalue weighted by molar-refractivity contribution is 7.92. The minimum absolute atomic E-state index is 0.184. The molecule has 10 heteroatoms. The Morgan fingerprint density at radius 2 is 2.00 bits per heavy atom. The van der Waals surface area contributed by atoms with Gasteiger partial charge in [-0.2, -0.15) is 10.2 Å². The van der Waals surface area contributed by atoms with E-state index in [1.54, 1.807) is 36.5 Å². The zero-order chi connectivity index (χ0) is 19.9. The van der Waals surface area contributed by atoms with E-state index in [2.05, 4.69) is 14.9 Å². The molecular weight excluding hydrogens is 382 g/mol. The molecule has 0 fully saturated rings. The fourth-order valence-corrected chi connectivity index (χ4v) is 4.70. The molecule has 0 saturated heterocycles. The molecule has 3 heterocycles. The smallest absolute Gasteiger partial charge is 0.265 e. The van der Waals surface area contributed by atoms with Crippen LogP contribution < -0.4 is 14.2 Å². The van der Waals surface area contributed by atoms with Crippen LogP contribution in [0.5, 0.6) is 11.5 Å². The predicted octanol–water partition coefficient (Wildman–Crippen LogP) is 1.87. The van der Waals surface area contributed by atoms with E-state index in [0.29, 0.717) is 36.0 Å². The van der Waals surface area contributed by atoms with Crippen LogP contribution in [0.3, 0.4) is 0 Å². The number of para-hydroxylation sites is 2. The fourth-order valence-electron chi connectivity index (χ4n) is 3.23. The summed E-state index contributed by atoms with van der Waals surface area (Å²) in [4.78, 5) is 0.184. The Hall–Kier alpha value is -3.01. The van der Waals surface area contributed by atoms with Crippen molar-refractivity contribution in [3.8, 4) is 11.5 Å². The van der Waals surface area contributed by atoms with Crippen LogP contribution in [0.15, 0.2) is 41.6 Å². The molecule has 4 rings (SSSR count). The fraction of sp³-hybridized carbons (Fsp3) is 0.333. The molecule has 1 aromatic carbocycles. The molecule has 0 aliphatic carbocycles. The van der Waals surface area contributed by atoms with Crippen molar-refractivity contribution in [3.63, 3.8) is 0 Å². The van der Waals surface area contributed by atoms with Gasteiger partial charge in [0, 0.05) is 13.2 Å². The standard InChI is InChI=1S/C18H21N5O4S/c1-12-18(13(2)22(3)20-12)28(24,25)21-14-8-19-23(9-14)10-15-11-26-16-6-4-5-7-17(16)27-15/h4-9,15,21H,10-11H2,1-3H3. The SMILES string of the molecule is Cc1nn(C)c(C)c1S(=O)(=O)Nc1cnn(CC2COc3ccccc3O2)c1. The molecule has 1 atom stereocenters. The van der Waals surface area contributed by atoms with Gasteiger partial charge in [-0.3, -0.25) is 14.1 Å². The molecule has 0 bridgehead atoms. The first kappa shape index (κ1) is 18.4. The zero-order valence-corrected chi connectivity index (χ0v) is 16.6. The maximum Gasteiger partial charge on any atom is 0.265 e. The van der Waals surface area contributed by atoms with E-state index < -0.39 is 10.0 Å². The van der Waals surface area contributed by atoms with E-state index in [1.165, 1.54) is 6.20 Å². The van der Waals surface area contributed by atoms with Crippen molar-refractivity contribution in [2.24, 2.45) is 7.05 Å². The summed E-state index contributed by atoms with van der Waals surface area (Å²) in [7, 11) is -2.04. The van der Waals surface area contributed by atoms with E-state index in [0.717, 1.165) is 5.75 Å². The van der Waals surface area contributed by atoms with E-state index in [-0.39, 0.29) is 11.0 Å². The van der Waals surface area contributed by atoms with Gasteiger partial charge in [-0.15, -0.1) is 0 Å². The number of fused-ring (bicyclic) bond motifs is 1. The van der Waals surface area contributed by atoms with Crippen molar-refractivity contribution in [1.82, 2.24) is 19.6 Å². The molecule has 0 radical (unpaired) electrons. The average Bonchev–Trinajstić information content (AvgIpc) is 3.17. The van der Waals surface area contributed by atoms with Gasteiger partial charge in [-0.25, -0.2) is 8.42 Å². The van der Waals surface area contributed by atoms with Crippen LogP contribution in [0.2, 0.25) is 0 Å². The number of ether oxygens (including phenoxy) is 2. The predicted molar refractivity (Wildman–Crippen MR) is 102 cm³/mol. The summed E-state index contributed by atoms with van der Waals surface area (Å²) in [6.07, 6.45) is 2.88. The Kier molecular flexibility index (Phi) is 4.50. The molecule has 1 unspecified atom stereocenters. The monoisotopic (exact) mass is 403 g/mol. The van der Waals surface area contributed by atoms with Crippen molar-refractivity contribution in [2.75, 3.05) is 11.3 Å². The molecule has 0 amide bonds. The summed E-state index contributed by atoms with van der Waals surface area (Å²) in [6.45, 7) is 4.21. The van der Waals surface area contributed by atoms with E-state index >= 15 is 0 Å². The van der Waals surface area contributed by atoms with Crippen LogP contribution in [0.1, 0.15) is 11.4 Å². The van der Waals surface area contributed by atoms with Gasteiger partial charge in [-0.1, -0.05) is 12.1 Å². The number of hydrogen-bond acceptors (Lipinski definition) is 6. The molecule has 9 nitrogen and oxygen atoms in total. The number of nitrogens with one attached hydrogen (secondary N) is 1. The summed E-state index contributed by atoms with van der Waals surface area (Å²) in [5.41, 5.74) is 1.40. The molecule has 148 valence electrons. The van der Waals surface area contributed by atoms with Crippen LogP contribution in [0, 0.1) is 13.8 Å². The second-order valence-electron chi connectivity index (χ2n) is 6.68. The Balaban J connectivity index is 1.46. The Morgan fingerprint density at radius 3 is 2.71 bits per heavy atom. The highest BCUT2D eigenvalue weighted by Gasteiger charge is 2.25. The third kappa shape index (κ3) is 3.42. The van der Waals surface area contributed by atoms with Crippen molar-refractivity contribution in [2.45, 2.75) is 31.4 Å². The summed E-state index contributed by atoms with van der Waals surface area (Å²) >= 11 is 0. The molecule has 2 aromatic heterocycles. The average molecular weight is 403 g/mol. The lowest BCUT2D eigenvalue weighted by Gasteiger charge is -2.26. The number of hydrogen-bond donors (Lipinski definition) is 1. The number of rotatable bonds is 5. The van der Waals surface area contributed by atoms with Crippen molar-refractivity contribution < 1.29 is 17.9 Å². The van der Waals surface area contributed by atoms with Crippen LogP contribution in [-0.4, -0.2) is 40.7 Å². The highest BCUT2D eigenvalue weighted by atomic mass is 32.2. The van der Waals surface area contributed by atoms with Gasteiger partial charge < -0.3 is 9.47 Å². The summed E-state index contributed by atoms with van der Waals surface area (Å²) < 4.78 is 42.8. The van der Waals surface area contributed by atoms with E-state index in [1.807, 2.05) is 24.3 Å². The number of aromatic nitrogens is 4. The maximum atomic E-state index is 12.7. The van der Waals surface area contributed by atoms with Crippen molar-refractivity contribution >= 4 is 15.7 Å². The normalized spacial score (nSPS) is 16.2. The first-order chi connectivity index (χ1) is 13.3. The lowest BCUT2D eigenvalue weighted by molar-refractivity contribution is 0.0759. The molecule has 1 aliphatic heterocycles. The number of nitrogens with zero attached hydrogens (tertiary/aromatic N) is 4. The van der Waals surface area contributed by atoms with Gasteiger partial charge in [-0.05, 0) is 26.0 Å². The van der Waals surface area contributed by atoms with Crippen LogP contribution in [0.4, 0.5) is 5.69 Å². The maximum absolute atomic E-state index is 12.7. The second-order valence-corrected chi connectivity index (χ2v) is 8.30. The Morgan fingerprint density at radius 1 is 1.25 bits per heavy atom. The van der Waals surface area contributed by atoms with Gasteiger partial charge in [0.2, 0.25) is 0 Å². The molecule has 3 aromatic rings. The third-order valence-electron chi connectivity index (χ3n) is 4.56. The van der Waals surface area contributed by atoms with Gasteiger partial charge in [0.15, 0.2) is 17.6 Å². The van der Waals surface area contributed by atoms with Gasteiger partial charge >= 0.3 is 0 Å². The Bertz CT molecular complexity index is 1120. The number of sulfonamides is 1. The lowest BCUT2D eigenvalue weighted by Crippen LogP contribution is -2.33. The van der Waals surface area contributed by atoms with Gasteiger partial charge in [0.1, 0.15) is 11.5 Å². The molecule has 1 N–H and O–H groups in total. The van der Waals surface area contributed by atoms with Crippen molar-refractivity contribution in [1.29, 1.82) is 0 Å². The number of benzene rings is 1. The van der Waals surface area contributed by atoms with Crippen LogP contribution in [-0.2, 0) is 23.6 Å². The first-order valence-electron chi connectivity index (χ1n) is 8.77. The molecule has 0 saturated carbocycles. The quantitative estimate of drug-likeness (QED) is 0.698. The molecule has 1 aliphatic rings. The summed E-state index contributed by atoms with van der Waals surface area (Å²) in [6, 6.07) is 7.48. The summed E-state index contributed by atoms with van der Waals surface area (Å²) in [5, 5.41) is 8.39. The minimum Gasteiger partial charge on any atom is -0.486 e. The molecule has 28 heavy (non-hydrogen) atoms. The van der Waals surface area contributed by atoms with E-state index in [4.69, 9.17) is 9.47 Å². The largest absolute Gasteiger partial charge is 0.486 e. The van der Waals surface area contributed by atoms with Gasteiger partial charge in [0.25, 0.3) is 10.0 Å². The van der Waals surface area contributed by atoms with Crippen LogP contribution >= 0.6 is 0 Å². The Labute approximate surface area is 162 Å². The minimum atomic E-state index is -3.76. The molecule has 0 spiro atoms. The first-order valence-corrected chi connectivity index (χ1v) is 10.3. The van der Waals surface area contributed by atoms with Gasteiger partial charge in [0.05, 0.1) is 29.8 Å². The summed E-state index contributed by atoms with van der Waals surface area (Å²) in [5.74, 6) is 1.41. The lowest BCUT2D eigenvalue weighted by atomic mass is 10.2. The molecular formula is C18H21N5O4S. The number of aryl methyl sites for hydroxylation is 2. The van der Waals surface area contributed by atoms with Crippen LogP contribution in [0.25, 0.3) is 0 Å². The zero-order valence-electron chi connectivity index (χ0n) is 15.8. The second kappa shape index (κ2) is 6.86. The van der Waals surface area contributed by atoms with E-state index in [9.17, 15) is 8.42 Å². The topological polar surface area (TPSA) is 100 Å². The van der Waals surface area contributed by atoms with Crippen molar-refractivity contribution in [3.05, 3.63) is 48.0 Å².